The number of carboxylic acids is 1. The molecule has 0 saturated carbocycles. The first-order valence-electron chi connectivity index (χ1n) is 19.7. The summed E-state index contributed by atoms with van der Waals surface area (Å²) >= 11 is 0. The van der Waals surface area contributed by atoms with Crippen LogP contribution in [0.1, 0.15) is 40.3 Å². The van der Waals surface area contributed by atoms with E-state index >= 15 is 0 Å². The van der Waals surface area contributed by atoms with Crippen molar-refractivity contribution in [3.05, 3.63) is 179 Å². The molecule has 8 rings (SSSR count). The Bertz CT molecular complexity index is 2740. The molecule has 12 heteroatoms. The topological polar surface area (TPSA) is 190 Å². The number of furan rings is 2. The number of benzene rings is 6. The van der Waals surface area contributed by atoms with Gasteiger partial charge in [0.25, 0.3) is 0 Å². The minimum absolute atomic E-state index is 0. The molecule has 0 aliphatic carbocycles. The molecule has 0 unspecified atom stereocenters. The van der Waals surface area contributed by atoms with Crippen molar-refractivity contribution in [2.24, 2.45) is 11.5 Å². The fourth-order valence-corrected chi connectivity index (χ4v) is 7.07. The molecule has 8 aromatic rings. The third kappa shape index (κ3) is 11.6. The van der Waals surface area contributed by atoms with Crippen molar-refractivity contribution in [3.63, 3.8) is 0 Å². The summed E-state index contributed by atoms with van der Waals surface area (Å²) in [6.45, 7) is 3.77. The van der Waals surface area contributed by atoms with Gasteiger partial charge in [0.1, 0.15) is 35.9 Å². The molecule has 2 heterocycles. The molecule has 0 fully saturated rings. The Kier molecular flexibility index (Phi) is 16.7. The normalized spacial score (nSPS) is 10.6. The van der Waals surface area contributed by atoms with Gasteiger partial charge in [-0.25, -0.2) is 0 Å². The number of esters is 1. The first-order chi connectivity index (χ1) is 29.3. The maximum Gasteiger partial charge on any atom is 1.00 e. The zero-order chi connectivity index (χ0) is 41.8. The number of rotatable bonds is 15. The van der Waals surface area contributed by atoms with Crippen LogP contribution in [0.15, 0.2) is 155 Å². The summed E-state index contributed by atoms with van der Waals surface area (Å²) in [6.07, 6.45) is 3.47. The van der Waals surface area contributed by atoms with Crippen LogP contribution in [-0.2, 0) is 53.5 Å². The number of carboxylic acid groups (broad SMARTS) is 1. The van der Waals surface area contributed by atoms with Crippen LogP contribution >= 0.6 is 0 Å². The van der Waals surface area contributed by atoms with Crippen LogP contribution in [0.5, 0.6) is 11.5 Å². The Morgan fingerprint density at radius 2 is 1.05 bits per heavy atom. The van der Waals surface area contributed by atoms with E-state index in [2.05, 4.69) is 30.3 Å². The van der Waals surface area contributed by atoms with Gasteiger partial charge in [-0.05, 0) is 112 Å². The van der Waals surface area contributed by atoms with Gasteiger partial charge in [0.2, 0.25) is 0 Å². The number of carbonyl (C=O) groups excluding carboxylic acids is 1. The predicted octanol–water partition coefficient (Wildman–Crippen LogP) is 6.83. The fraction of sp³-hybridized carbons (Fsp3) is 0.160. The van der Waals surface area contributed by atoms with Crippen molar-refractivity contribution >= 4 is 33.9 Å². The van der Waals surface area contributed by atoms with Crippen LogP contribution in [0.2, 0.25) is 0 Å². The molecule has 0 radical (unpaired) electrons. The van der Waals surface area contributed by atoms with Gasteiger partial charge in [-0.1, -0.05) is 72.8 Å². The number of para-hydroxylation sites is 2. The van der Waals surface area contributed by atoms with Crippen LogP contribution in [-0.4, -0.2) is 29.1 Å². The number of ether oxygens (including phenoxy) is 3. The van der Waals surface area contributed by atoms with Gasteiger partial charge in [0, 0.05) is 35.0 Å². The molecule has 0 aliphatic heterocycles. The van der Waals surface area contributed by atoms with Crippen LogP contribution in [0.25, 0.3) is 44.2 Å². The van der Waals surface area contributed by atoms with Crippen molar-refractivity contribution in [2.45, 2.75) is 46.1 Å². The van der Waals surface area contributed by atoms with E-state index < -0.39 is 5.97 Å². The third-order valence-electron chi connectivity index (χ3n) is 9.93. The molecule has 11 nitrogen and oxygen atoms in total. The van der Waals surface area contributed by atoms with Gasteiger partial charge >= 0.3 is 30.8 Å². The van der Waals surface area contributed by atoms with E-state index in [9.17, 15) is 9.59 Å². The van der Waals surface area contributed by atoms with Crippen LogP contribution in [0, 0.1) is 0 Å². The molecular formula is C50H47LiN2O9. The van der Waals surface area contributed by atoms with E-state index in [-0.39, 0.29) is 43.1 Å². The summed E-state index contributed by atoms with van der Waals surface area (Å²) < 4.78 is 28.5. The number of aliphatic carboxylic acids is 1. The fourth-order valence-electron chi connectivity index (χ4n) is 7.07. The Morgan fingerprint density at radius 3 is 1.50 bits per heavy atom. The Labute approximate surface area is 371 Å². The summed E-state index contributed by atoms with van der Waals surface area (Å²) in [6, 6.07) is 43.1. The molecule has 6 N–H and O–H groups in total. The van der Waals surface area contributed by atoms with Crippen LogP contribution in [0.3, 0.4) is 0 Å². The Balaban J connectivity index is 0.000000227. The summed E-state index contributed by atoms with van der Waals surface area (Å²) in [5, 5.41) is 11.2. The molecule has 312 valence electrons. The van der Waals surface area contributed by atoms with Crippen molar-refractivity contribution in [2.75, 3.05) is 6.61 Å². The molecule has 6 aromatic carbocycles. The van der Waals surface area contributed by atoms with Gasteiger partial charge in [-0.15, -0.1) is 0 Å². The van der Waals surface area contributed by atoms with Crippen LogP contribution in [0.4, 0.5) is 0 Å². The molecular weight excluding hydrogens is 779 g/mol. The van der Waals surface area contributed by atoms with Crippen molar-refractivity contribution in [3.8, 4) is 33.8 Å². The summed E-state index contributed by atoms with van der Waals surface area (Å²) in [5.74, 6) is 0.0839. The molecule has 0 aliphatic rings. The standard InChI is InChI=1S/C26H25NO4.C24H21NO4.Li.H2O/c1-2-29-26(28)15-21-7-3-4-9-24(21)31-17-19-13-23(22-10-11-30-25(22)14-19)20-8-5-6-18(12-20)16-27;25-14-16-4-3-6-18(10-16)21-11-17(12-23-20(21)8-9-28-23)15-29-22-7-2-1-5-19(22)13-24(26)27;;/h3-14H,2,15-17,27H2,1H3;1-12H,13-15,25H2,(H,26,27);;1H2/q;;+1;/p-1. The number of hydrogen-bond acceptors (Lipinski definition) is 10. The Morgan fingerprint density at radius 1 is 0.581 bits per heavy atom. The van der Waals surface area contributed by atoms with Gasteiger partial charge in [0.15, 0.2) is 0 Å². The third-order valence-corrected chi connectivity index (χ3v) is 9.93. The van der Waals surface area contributed by atoms with Crippen molar-refractivity contribution < 1.29 is 62.1 Å². The minimum Gasteiger partial charge on any atom is -0.870 e. The van der Waals surface area contributed by atoms with Crippen molar-refractivity contribution in [1.29, 1.82) is 0 Å². The quantitative estimate of drug-likeness (QED) is 0.0725. The number of fused-ring (bicyclic) bond motifs is 2. The summed E-state index contributed by atoms with van der Waals surface area (Å²) in [7, 11) is 0. The minimum atomic E-state index is -0.889. The predicted molar refractivity (Wildman–Crippen MR) is 234 cm³/mol. The van der Waals surface area contributed by atoms with Gasteiger partial charge in [0.05, 0.1) is 32.0 Å². The molecule has 0 saturated heterocycles. The second-order valence-corrected chi connectivity index (χ2v) is 14.1. The van der Waals surface area contributed by atoms with Crippen molar-refractivity contribution in [1.82, 2.24) is 0 Å². The molecule has 0 amide bonds. The first-order valence-corrected chi connectivity index (χ1v) is 19.7. The number of hydrogen-bond donors (Lipinski definition) is 3. The van der Waals surface area contributed by atoms with E-state index in [0.717, 1.165) is 72.0 Å². The molecule has 0 bridgehead atoms. The van der Waals surface area contributed by atoms with E-state index in [1.165, 1.54) is 0 Å². The summed E-state index contributed by atoms with van der Waals surface area (Å²) in [5.41, 5.74) is 23.0. The molecule has 62 heavy (non-hydrogen) atoms. The number of carbonyl (C=O) groups is 2. The van der Waals surface area contributed by atoms with E-state index in [4.69, 9.17) is 39.6 Å². The van der Waals surface area contributed by atoms with Gasteiger partial charge < -0.3 is 45.1 Å². The summed E-state index contributed by atoms with van der Waals surface area (Å²) in [4.78, 5) is 23.0. The smallest absolute Gasteiger partial charge is 0.870 e. The van der Waals surface area contributed by atoms with E-state index in [0.29, 0.717) is 50.0 Å². The first kappa shape index (κ1) is 46.5. The zero-order valence-corrected chi connectivity index (χ0v) is 34.7. The molecule has 0 spiro atoms. The average Bonchev–Trinajstić information content (AvgIpc) is 3.96. The zero-order valence-electron chi connectivity index (χ0n) is 34.7. The molecule has 0 atom stereocenters. The SMILES string of the molecule is CCOC(=O)Cc1ccccc1OCc1cc(-c2cccc(CN)c2)c2ccoc2c1.NCc1cccc(-c2cc(COc3ccccc3CC(=O)O)cc3occc23)c1.[Li+].[OH-]. The van der Waals surface area contributed by atoms with E-state index in [1.807, 2.05) is 91.0 Å². The second-order valence-electron chi connectivity index (χ2n) is 14.1. The molecule has 2 aromatic heterocycles. The second kappa shape index (κ2) is 22.3. The van der Waals surface area contributed by atoms with E-state index in [1.54, 1.807) is 31.6 Å². The Hall–Kier alpha value is -6.58. The maximum absolute atomic E-state index is 11.9. The number of nitrogens with two attached hydrogens (primary N) is 2. The average molecular weight is 827 g/mol. The largest absolute Gasteiger partial charge is 1.00 e. The monoisotopic (exact) mass is 826 g/mol. The van der Waals surface area contributed by atoms with Crippen LogP contribution < -0.4 is 39.8 Å². The maximum atomic E-state index is 11.9. The van der Waals surface area contributed by atoms with Gasteiger partial charge in [-0.3, -0.25) is 9.59 Å². The van der Waals surface area contributed by atoms with Gasteiger partial charge in [-0.2, -0.15) is 0 Å².